The van der Waals surface area contributed by atoms with E-state index in [1.807, 2.05) is 0 Å². The molecule has 1 saturated carbocycles. The van der Waals surface area contributed by atoms with Crippen LogP contribution in [-0.2, 0) is 4.74 Å². The Morgan fingerprint density at radius 3 is 2.70 bits per heavy atom. The predicted molar refractivity (Wildman–Crippen MR) is 83.0 cm³/mol. The smallest absolute Gasteiger partial charge is 0.0472 e. The van der Waals surface area contributed by atoms with Crippen LogP contribution in [0.25, 0.3) is 0 Å². The summed E-state index contributed by atoms with van der Waals surface area (Å²) >= 11 is 0. The molecule has 1 N–H and O–H groups in total. The van der Waals surface area contributed by atoms with Gasteiger partial charge < -0.3 is 15.0 Å². The summed E-state index contributed by atoms with van der Waals surface area (Å²) in [6.07, 6.45) is 9.50. The van der Waals surface area contributed by atoms with E-state index in [9.17, 15) is 0 Å². The molecule has 0 spiro atoms. The maximum absolute atomic E-state index is 5.63. The van der Waals surface area contributed by atoms with E-state index in [-0.39, 0.29) is 0 Å². The molecule has 20 heavy (non-hydrogen) atoms. The predicted octanol–water partition coefficient (Wildman–Crippen LogP) is 2.66. The van der Waals surface area contributed by atoms with E-state index in [4.69, 9.17) is 4.74 Å². The van der Waals surface area contributed by atoms with Crippen molar-refractivity contribution in [1.29, 1.82) is 0 Å². The minimum Gasteiger partial charge on any atom is -0.381 e. The first kappa shape index (κ1) is 14.8. The first-order chi connectivity index (χ1) is 9.80. The van der Waals surface area contributed by atoms with Crippen molar-refractivity contribution in [2.45, 2.75) is 57.9 Å². The summed E-state index contributed by atoms with van der Waals surface area (Å²) in [5, 5.41) is 3.80. The SMILES string of the molecule is CCC1CCCN(CC2(CNC3CC3)CCOCC2)C1. The highest BCUT2D eigenvalue weighted by Gasteiger charge is 2.36. The molecule has 1 aliphatic carbocycles. The van der Waals surface area contributed by atoms with Gasteiger partial charge in [0.25, 0.3) is 0 Å². The van der Waals surface area contributed by atoms with E-state index in [0.717, 1.165) is 25.2 Å². The van der Waals surface area contributed by atoms with Crippen LogP contribution in [0.2, 0.25) is 0 Å². The van der Waals surface area contributed by atoms with E-state index >= 15 is 0 Å². The Morgan fingerprint density at radius 2 is 2.00 bits per heavy atom. The van der Waals surface area contributed by atoms with Gasteiger partial charge >= 0.3 is 0 Å². The molecule has 0 aromatic rings. The van der Waals surface area contributed by atoms with Crippen LogP contribution in [-0.4, -0.2) is 50.3 Å². The number of piperidine rings is 1. The molecule has 2 saturated heterocycles. The summed E-state index contributed by atoms with van der Waals surface area (Å²) in [6, 6.07) is 0.833. The van der Waals surface area contributed by atoms with Gasteiger partial charge in [-0.3, -0.25) is 0 Å². The van der Waals surface area contributed by atoms with Crippen LogP contribution in [0.15, 0.2) is 0 Å². The molecule has 3 rings (SSSR count). The van der Waals surface area contributed by atoms with Gasteiger partial charge in [-0.2, -0.15) is 0 Å². The first-order valence-corrected chi connectivity index (χ1v) is 8.83. The lowest BCUT2D eigenvalue weighted by Crippen LogP contribution is -2.50. The number of nitrogens with zero attached hydrogens (tertiary/aromatic N) is 1. The number of hydrogen-bond donors (Lipinski definition) is 1. The summed E-state index contributed by atoms with van der Waals surface area (Å²) in [4.78, 5) is 2.76. The summed E-state index contributed by atoms with van der Waals surface area (Å²) in [7, 11) is 0. The van der Waals surface area contributed by atoms with E-state index in [0.29, 0.717) is 5.41 Å². The maximum Gasteiger partial charge on any atom is 0.0472 e. The third-order valence-electron chi connectivity index (χ3n) is 5.64. The highest BCUT2D eigenvalue weighted by Crippen LogP contribution is 2.34. The number of nitrogens with one attached hydrogen (secondary N) is 1. The van der Waals surface area contributed by atoms with Gasteiger partial charge in [0, 0.05) is 38.9 Å². The van der Waals surface area contributed by atoms with Crippen molar-refractivity contribution in [1.82, 2.24) is 10.2 Å². The number of hydrogen-bond acceptors (Lipinski definition) is 3. The van der Waals surface area contributed by atoms with Crippen molar-refractivity contribution in [2.75, 3.05) is 39.4 Å². The molecule has 0 aromatic carbocycles. The largest absolute Gasteiger partial charge is 0.381 e. The van der Waals surface area contributed by atoms with Crippen molar-refractivity contribution < 1.29 is 4.74 Å². The Morgan fingerprint density at radius 1 is 1.20 bits per heavy atom. The Balaban J connectivity index is 1.56. The minimum absolute atomic E-state index is 0.483. The number of likely N-dealkylation sites (tertiary alicyclic amines) is 1. The molecule has 2 aliphatic heterocycles. The molecule has 3 aliphatic rings. The standard InChI is InChI=1S/C17H32N2O/c1-2-15-4-3-9-19(12-15)14-17(7-10-20-11-8-17)13-18-16-5-6-16/h15-16,18H,2-14H2,1H3. The molecule has 1 unspecified atom stereocenters. The Kier molecular flexibility index (Phi) is 5.00. The van der Waals surface area contributed by atoms with Crippen LogP contribution in [0.4, 0.5) is 0 Å². The van der Waals surface area contributed by atoms with Crippen LogP contribution < -0.4 is 5.32 Å². The van der Waals surface area contributed by atoms with Gasteiger partial charge in [-0.25, -0.2) is 0 Å². The van der Waals surface area contributed by atoms with Gasteiger partial charge in [0.1, 0.15) is 0 Å². The molecule has 2 heterocycles. The summed E-state index contributed by atoms with van der Waals surface area (Å²) < 4.78 is 5.63. The summed E-state index contributed by atoms with van der Waals surface area (Å²) in [5.41, 5.74) is 0.483. The van der Waals surface area contributed by atoms with Gasteiger partial charge in [0.05, 0.1) is 0 Å². The highest BCUT2D eigenvalue weighted by molar-refractivity contribution is 4.92. The molecule has 0 bridgehead atoms. The molecular formula is C17H32N2O. The first-order valence-electron chi connectivity index (χ1n) is 8.83. The average Bonchev–Trinajstić information content (AvgIpc) is 3.31. The molecular weight excluding hydrogens is 248 g/mol. The molecule has 3 nitrogen and oxygen atoms in total. The quantitative estimate of drug-likeness (QED) is 0.809. The molecule has 0 amide bonds. The zero-order chi connectivity index (χ0) is 13.8. The molecule has 3 fully saturated rings. The second-order valence-corrected chi connectivity index (χ2v) is 7.42. The molecule has 0 aromatic heterocycles. The third-order valence-corrected chi connectivity index (χ3v) is 5.64. The van der Waals surface area contributed by atoms with Crippen LogP contribution >= 0.6 is 0 Å². The van der Waals surface area contributed by atoms with Gasteiger partial charge in [0.15, 0.2) is 0 Å². The Bertz CT molecular complexity index is 297. The summed E-state index contributed by atoms with van der Waals surface area (Å²) in [6.45, 7) is 9.47. The fraction of sp³-hybridized carbons (Fsp3) is 1.00. The van der Waals surface area contributed by atoms with Crippen LogP contribution in [0, 0.1) is 11.3 Å². The Labute approximate surface area is 124 Å². The average molecular weight is 280 g/mol. The molecule has 3 heteroatoms. The molecule has 1 atom stereocenters. The number of ether oxygens (including phenoxy) is 1. The normalized spacial score (nSPS) is 31.4. The van der Waals surface area contributed by atoms with Crippen molar-refractivity contribution in [3.63, 3.8) is 0 Å². The van der Waals surface area contributed by atoms with Gasteiger partial charge in [-0.05, 0) is 56.4 Å². The van der Waals surface area contributed by atoms with Crippen LogP contribution in [0.3, 0.4) is 0 Å². The lowest BCUT2D eigenvalue weighted by Gasteiger charge is -2.43. The number of rotatable bonds is 6. The summed E-state index contributed by atoms with van der Waals surface area (Å²) in [5.74, 6) is 0.942. The van der Waals surface area contributed by atoms with E-state index < -0.39 is 0 Å². The van der Waals surface area contributed by atoms with E-state index in [1.165, 1.54) is 71.1 Å². The monoisotopic (exact) mass is 280 g/mol. The lowest BCUT2D eigenvalue weighted by atomic mass is 9.78. The topological polar surface area (TPSA) is 24.5 Å². The van der Waals surface area contributed by atoms with Gasteiger partial charge in [-0.15, -0.1) is 0 Å². The van der Waals surface area contributed by atoms with Crippen molar-refractivity contribution in [2.24, 2.45) is 11.3 Å². The minimum atomic E-state index is 0.483. The highest BCUT2D eigenvalue weighted by atomic mass is 16.5. The fourth-order valence-corrected chi connectivity index (χ4v) is 3.95. The second kappa shape index (κ2) is 6.76. The second-order valence-electron chi connectivity index (χ2n) is 7.42. The van der Waals surface area contributed by atoms with Crippen LogP contribution in [0.1, 0.15) is 51.9 Å². The van der Waals surface area contributed by atoms with Gasteiger partial charge in [-0.1, -0.05) is 13.3 Å². The Hall–Kier alpha value is -0.120. The van der Waals surface area contributed by atoms with E-state index in [1.54, 1.807) is 0 Å². The third kappa shape index (κ3) is 3.96. The van der Waals surface area contributed by atoms with Gasteiger partial charge in [0.2, 0.25) is 0 Å². The fourth-order valence-electron chi connectivity index (χ4n) is 3.95. The van der Waals surface area contributed by atoms with Crippen molar-refractivity contribution in [3.05, 3.63) is 0 Å². The maximum atomic E-state index is 5.63. The lowest BCUT2D eigenvalue weighted by molar-refractivity contribution is -0.0113. The van der Waals surface area contributed by atoms with Crippen molar-refractivity contribution >= 4 is 0 Å². The molecule has 116 valence electrons. The van der Waals surface area contributed by atoms with Crippen molar-refractivity contribution in [3.8, 4) is 0 Å². The molecule has 0 radical (unpaired) electrons. The van der Waals surface area contributed by atoms with E-state index in [2.05, 4.69) is 17.1 Å². The zero-order valence-corrected chi connectivity index (χ0v) is 13.2. The van der Waals surface area contributed by atoms with Crippen LogP contribution in [0.5, 0.6) is 0 Å². The zero-order valence-electron chi connectivity index (χ0n) is 13.2.